The van der Waals surface area contributed by atoms with Crippen LogP contribution < -0.4 is 14.5 Å². The van der Waals surface area contributed by atoms with E-state index in [-0.39, 0.29) is 10.6 Å². The smallest absolute Gasteiger partial charge is 0.278 e. The summed E-state index contributed by atoms with van der Waals surface area (Å²) in [5.74, 6) is 0.908. The molecule has 4 rings (SSSR count). The first-order chi connectivity index (χ1) is 13.7. The molecule has 0 saturated carbocycles. The number of hydrogen-bond donors (Lipinski definition) is 0. The third-order valence-electron chi connectivity index (χ3n) is 5.09. The molecule has 1 aromatic heterocycles. The van der Waals surface area contributed by atoms with Gasteiger partial charge < -0.3 is 14.5 Å². The second kappa shape index (κ2) is 7.72. The Labute approximate surface area is 163 Å². The maximum absolute atomic E-state index is 11.3. The first-order valence-corrected chi connectivity index (χ1v) is 9.42. The van der Waals surface area contributed by atoms with E-state index in [0.29, 0.717) is 12.0 Å². The molecule has 28 heavy (non-hydrogen) atoms. The van der Waals surface area contributed by atoms with E-state index in [2.05, 4.69) is 20.9 Å². The van der Waals surface area contributed by atoms with Crippen molar-refractivity contribution in [2.24, 2.45) is 0 Å². The summed E-state index contributed by atoms with van der Waals surface area (Å²) in [6, 6.07) is 13.4. The van der Waals surface area contributed by atoms with E-state index in [1.54, 1.807) is 18.5 Å². The minimum Gasteiger partial charge on any atom is -0.492 e. The Hall–Kier alpha value is -3.35. The number of benzene rings is 2. The minimum atomic E-state index is -0.351. The fraction of sp³-hybridized carbons (Fsp3) is 0.286. The normalized spacial score (nSPS) is 14.3. The molecule has 1 fully saturated rings. The highest BCUT2D eigenvalue weighted by Gasteiger charge is 2.23. The van der Waals surface area contributed by atoms with Gasteiger partial charge >= 0.3 is 0 Å². The van der Waals surface area contributed by atoms with Crippen LogP contribution in [0.1, 0.15) is 6.92 Å². The maximum atomic E-state index is 11.3. The Morgan fingerprint density at radius 2 is 1.71 bits per heavy atom. The molecule has 7 nitrogen and oxygen atoms in total. The lowest BCUT2D eigenvalue weighted by Crippen LogP contribution is -2.46. The number of nitrogens with zero attached hydrogens (tertiary/aromatic N) is 4. The number of nitro benzene ring substituents is 1. The summed E-state index contributed by atoms with van der Waals surface area (Å²) in [5.41, 5.74) is 2.22. The van der Waals surface area contributed by atoms with Crippen LogP contribution in [0.15, 0.2) is 54.9 Å². The fourth-order valence-corrected chi connectivity index (χ4v) is 3.78. The molecule has 7 heteroatoms. The molecule has 3 aromatic rings. The molecule has 1 aliphatic heterocycles. The van der Waals surface area contributed by atoms with Crippen molar-refractivity contribution in [3.8, 4) is 5.75 Å². The van der Waals surface area contributed by atoms with Gasteiger partial charge in [0.1, 0.15) is 5.75 Å². The van der Waals surface area contributed by atoms with Crippen LogP contribution in [0.25, 0.3) is 10.8 Å². The van der Waals surface area contributed by atoms with Crippen LogP contribution in [-0.2, 0) is 0 Å². The molecular weight excluding hydrogens is 356 g/mol. The van der Waals surface area contributed by atoms with Crippen LogP contribution in [0.3, 0.4) is 0 Å². The summed E-state index contributed by atoms with van der Waals surface area (Å²) in [5, 5.41) is 12.8. The van der Waals surface area contributed by atoms with E-state index in [9.17, 15) is 10.1 Å². The standard InChI is InChI=1S/C21H22N4O3/c1-2-28-21-6-4-3-5-20(21)24-13-11-23(12-14-24)18-7-8-19(25(26)27)17-15-22-10-9-16(17)18/h3-10,15H,2,11-14H2,1H3. The molecule has 2 heterocycles. The number of rotatable bonds is 5. The van der Waals surface area contributed by atoms with Crippen molar-refractivity contribution < 1.29 is 9.66 Å². The maximum Gasteiger partial charge on any atom is 0.278 e. The Morgan fingerprint density at radius 1 is 1.00 bits per heavy atom. The van der Waals surface area contributed by atoms with Crippen molar-refractivity contribution in [3.63, 3.8) is 0 Å². The predicted molar refractivity (Wildman–Crippen MR) is 110 cm³/mol. The van der Waals surface area contributed by atoms with E-state index in [4.69, 9.17) is 4.74 Å². The third kappa shape index (κ3) is 3.31. The second-order valence-corrected chi connectivity index (χ2v) is 6.66. The summed E-state index contributed by atoms with van der Waals surface area (Å²) in [4.78, 5) is 19.7. The monoisotopic (exact) mass is 378 g/mol. The van der Waals surface area contributed by atoms with E-state index in [1.165, 1.54) is 0 Å². The van der Waals surface area contributed by atoms with Gasteiger partial charge in [-0.15, -0.1) is 0 Å². The average Bonchev–Trinajstić information content (AvgIpc) is 2.74. The zero-order valence-corrected chi connectivity index (χ0v) is 15.7. The molecular formula is C21H22N4O3. The number of piperazine rings is 1. The molecule has 0 radical (unpaired) electrons. The number of fused-ring (bicyclic) bond motifs is 1. The highest BCUT2D eigenvalue weighted by molar-refractivity contribution is 5.99. The van der Waals surface area contributed by atoms with Gasteiger partial charge in [0.2, 0.25) is 0 Å². The topological polar surface area (TPSA) is 71.7 Å². The number of anilines is 2. The first kappa shape index (κ1) is 18.0. The van der Waals surface area contributed by atoms with Crippen molar-refractivity contribution in [2.45, 2.75) is 6.92 Å². The number of hydrogen-bond acceptors (Lipinski definition) is 6. The fourth-order valence-electron chi connectivity index (χ4n) is 3.78. The predicted octanol–water partition coefficient (Wildman–Crippen LogP) is 3.87. The molecule has 1 saturated heterocycles. The number of nitro groups is 1. The lowest BCUT2D eigenvalue weighted by Gasteiger charge is -2.38. The molecule has 0 spiro atoms. The number of ether oxygens (including phenoxy) is 1. The van der Waals surface area contributed by atoms with Gasteiger partial charge in [0.25, 0.3) is 5.69 Å². The number of pyridine rings is 1. The number of para-hydroxylation sites is 2. The van der Waals surface area contributed by atoms with Gasteiger partial charge in [-0.2, -0.15) is 0 Å². The van der Waals surface area contributed by atoms with Gasteiger partial charge in [0.05, 0.1) is 22.6 Å². The highest BCUT2D eigenvalue weighted by Crippen LogP contribution is 2.34. The Bertz CT molecular complexity index is 1000. The summed E-state index contributed by atoms with van der Waals surface area (Å²) in [6.07, 6.45) is 3.26. The zero-order valence-electron chi connectivity index (χ0n) is 15.7. The Morgan fingerprint density at radius 3 is 2.43 bits per heavy atom. The lowest BCUT2D eigenvalue weighted by molar-refractivity contribution is -0.383. The largest absolute Gasteiger partial charge is 0.492 e. The Balaban J connectivity index is 1.58. The quantitative estimate of drug-likeness (QED) is 0.496. The van der Waals surface area contributed by atoms with Crippen molar-refractivity contribution in [1.29, 1.82) is 0 Å². The van der Waals surface area contributed by atoms with Crippen LogP contribution in [0.4, 0.5) is 17.1 Å². The van der Waals surface area contributed by atoms with Crippen LogP contribution in [-0.4, -0.2) is 42.7 Å². The van der Waals surface area contributed by atoms with Gasteiger partial charge in [-0.3, -0.25) is 15.1 Å². The number of aromatic nitrogens is 1. The van der Waals surface area contributed by atoms with E-state index in [0.717, 1.165) is 48.7 Å². The van der Waals surface area contributed by atoms with Crippen molar-refractivity contribution in [1.82, 2.24) is 4.98 Å². The second-order valence-electron chi connectivity index (χ2n) is 6.66. The van der Waals surface area contributed by atoms with Crippen molar-refractivity contribution in [3.05, 3.63) is 65.0 Å². The van der Waals surface area contributed by atoms with Gasteiger partial charge in [-0.25, -0.2) is 0 Å². The summed E-state index contributed by atoms with van der Waals surface area (Å²) < 4.78 is 5.77. The highest BCUT2D eigenvalue weighted by atomic mass is 16.6. The average molecular weight is 378 g/mol. The molecule has 2 aromatic carbocycles. The third-order valence-corrected chi connectivity index (χ3v) is 5.09. The molecule has 0 N–H and O–H groups in total. The summed E-state index contributed by atoms with van der Waals surface area (Å²) in [7, 11) is 0. The molecule has 0 amide bonds. The van der Waals surface area contributed by atoms with E-state index >= 15 is 0 Å². The molecule has 0 bridgehead atoms. The molecule has 1 aliphatic rings. The zero-order chi connectivity index (χ0) is 19.5. The van der Waals surface area contributed by atoms with Gasteiger partial charge in [0, 0.05) is 55.7 Å². The van der Waals surface area contributed by atoms with E-state index < -0.39 is 0 Å². The van der Waals surface area contributed by atoms with Gasteiger partial charge in [-0.1, -0.05) is 12.1 Å². The molecule has 144 valence electrons. The lowest BCUT2D eigenvalue weighted by atomic mass is 10.1. The van der Waals surface area contributed by atoms with Crippen LogP contribution in [0, 0.1) is 10.1 Å². The van der Waals surface area contributed by atoms with Gasteiger partial charge in [-0.05, 0) is 31.2 Å². The van der Waals surface area contributed by atoms with Crippen molar-refractivity contribution in [2.75, 3.05) is 42.6 Å². The van der Waals surface area contributed by atoms with Crippen LogP contribution in [0.2, 0.25) is 0 Å². The SMILES string of the molecule is CCOc1ccccc1N1CCN(c2ccc([N+](=O)[O-])c3cnccc23)CC1. The van der Waals surface area contributed by atoms with Crippen LogP contribution >= 0.6 is 0 Å². The van der Waals surface area contributed by atoms with Crippen LogP contribution in [0.5, 0.6) is 5.75 Å². The van der Waals surface area contributed by atoms with Crippen molar-refractivity contribution >= 4 is 27.8 Å². The van der Waals surface area contributed by atoms with Gasteiger partial charge in [0.15, 0.2) is 0 Å². The molecule has 0 atom stereocenters. The van der Waals surface area contributed by atoms with E-state index in [1.807, 2.05) is 37.3 Å². The Kier molecular flexibility index (Phi) is 4.97. The minimum absolute atomic E-state index is 0.0936. The molecule has 0 aliphatic carbocycles. The number of non-ortho nitro benzene ring substituents is 1. The summed E-state index contributed by atoms with van der Waals surface area (Å²) in [6.45, 7) is 6.00. The first-order valence-electron chi connectivity index (χ1n) is 9.42. The molecule has 0 unspecified atom stereocenters. The summed E-state index contributed by atoms with van der Waals surface area (Å²) >= 11 is 0.